The number of aliphatic hydroxyl groups is 3. The smallest absolute Gasteiger partial charge is 0.165 e. The van der Waals surface area contributed by atoms with E-state index < -0.39 is 0 Å². The molecule has 1 heterocycles. The van der Waals surface area contributed by atoms with Gasteiger partial charge in [-0.05, 0) is 86.8 Å². The van der Waals surface area contributed by atoms with E-state index in [0.29, 0.717) is 42.2 Å². The van der Waals surface area contributed by atoms with Crippen LogP contribution in [-0.2, 0) is 0 Å². The van der Waals surface area contributed by atoms with Gasteiger partial charge < -0.3 is 15.3 Å². The molecule has 0 aromatic carbocycles. The number of hydrogen-bond donors (Lipinski definition) is 6. The van der Waals surface area contributed by atoms with Crippen molar-refractivity contribution in [3.8, 4) is 0 Å². The van der Waals surface area contributed by atoms with Gasteiger partial charge in [-0.15, -0.1) is 37.9 Å². The molecular weight excluding hydrogens is 879 g/mol. The molecule has 0 atom stereocenters. The summed E-state index contributed by atoms with van der Waals surface area (Å²) in [6.07, 6.45) is 7.06. The third-order valence-corrected chi connectivity index (χ3v) is 10.7. The van der Waals surface area contributed by atoms with Crippen molar-refractivity contribution in [2.45, 2.75) is 6.92 Å². The van der Waals surface area contributed by atoms with Crippen LogP contribution in [0.4, 0.5) is 0 Å². The van der Waals surface area contributed by atoms with Gasteiger partial charge in [0.2, 0.25) is 0 Å². The quantitative estimate of drug-likeness (QED) is 0.0574. The maximum atomic E-state index is 10.2. The van der Waals surface area contributed by atoms with E-state index >= 15 is 0 Å². The minimum atomic E-state index is -0.0872. The Kier molecular flexibility index (Phi) is 14.8. The van der Waals surface area contributed by atoms with E-state index in [4.69, 9.17) is 0 Å². The first-order valence-corrected chi connectivity index (χ1v) is 14.8. The number of allylic oxidation sites excluding steroid dienone is 12. The van der Waals surface area contributed by atoms with Crippen molar-refractivity contribution in [3.05, 3.63) is 123 Å². The molecule has 0 spiro atoms. The molecule has 200 valence electrons. The lowest BCUT2D eigenvalue weighted by Gasteiger charge is -2.14. The molecule has 0 saturated heterocycles. The monoisotopic (exact) mass is 903 g/mol. The second-order valence-electron chi connectivity index (χ2n) is 6.91. The lowest BCUT2D eigenvalue weighted by atomic mass is 10.1. The van der Waals surface area contributed by atoms with Crippen LogP contribution in [0.2, 0.25) is 0 Å². The zero-order chi connectivity index (χ0) is 29.3. The second kappa shape index (κ2) is 16.2. The first kappa shape index (κ1) is 34.8. The maximum Gasteiger partial charge on any atom is 0.165 e. The van der Waals surface area contributed by atoms with Crippen LogP contribution in [-0.4, -0.2) is 30.3 Å². The van der Waals surface area contributed by atoms with Crippen LogP contribution >= 0.6 is 106 Å². The minimum absolute atomic E-state index is 0.0530. The van der Waals surface area contributed by atoms with Crippen LogP contribution in [0.25, 0.3) is 16.7 Å². The summed E-state index contributed by atoms with van der Waals surface area (Å²) in [6, 6.07) is 0. The molecule has 0 unspecified atom stereocenters. The van der Waals surface area contributed by atoms with E-state index in [1.165, 1.54) is 37.3 Å². The predicted molar refractivity (Wildman–Crippen MR) is 195 cm³/mol. The van der Waals surface area contributed by atoms with Crippen LogP contribution < -0.4 is 0 Å². The molecule has 0 aliphatic heterocycles. The van der Waals surface area contributed by atoms with Crippen molar-refractivity contribution in [2.75, 3.05) is 0 Å². The number of rotatable bonds is 11. The van der Waals surface area contributed by atoms with Crippen LogP contribution in [0, 0.1) is 0 Å². The van der Waals surface area contributed by atoms with Gasteiger partial charge in [-0.3, -0.25) is 0 Å². The molecule has 1 rings (SSSR count). The maximum absolute atomic E-state index is 10.2. The third kappa shape index (κ3) is 8.39. The van der Waals surface area contributed by atoms with Gasteiger partial charge in [-0.2, -0.15) is 0 Å². The molecule has 0 fully saturated rings. The van der Waals surface area contributed by atoms with Gasteiger partial charge in [-0.25, -0.2) is 15.0 Å². The van der Waals surface area contributed by atoms with Gasteiger partial charge in [0.15, 0.2) is 17.5 Å². The van der Waals surface area contributed by atoms with Gasteiger partial charge in [0, 0.05) is 31.4 Å². The number of aromatic nitrogens is 3. The molecule has 0 aliphatic rings. The van der Waals surface area contributed by atoms with E-state index in [1.807, 2.05) is 67.8 Å². The summed E-state index contributed by atoms with van der Waals surface area (Å²) < 4.78 is 1.25. The molecule has 1 aromatic heterocycles. The predicted octanol–water partition coefficient (Wildman–Crippen LogP) is 9.36. The number of nitrogens with zero attached hydrogens (tertiary/aromatic N) is 3. The highest BCUT2D eigenvalue weighted by Crippen LogP contribution is 2.36. The second-order valence-corrected chi connectivity index (χ2v) is 11.5. The van der Waals surface area contributed by atoms with E-state index in [2.05, 4.69) is 85.7 Å². The average molecular weight is 903 g/mol. The molecule has 0 amide bonds. The van der Waals surface area contributed by atoms with E-state index in [-0.39, 0.29) is 34.8 Å². The van der Waals surface area contributed by atoms with Crippen LogP contribution in [0.5, 0.6) is 0 Å². The summed E-state index contributed by atoms with van der Waals surface area (Å²) in [7, 11) is 0. The summed E-state index contributed by atoms with van der Waals surface area (Å²) in [5.41, 5.74) is 1.17. The molecule has 0 bridgehead atoms. The molecule has 0 saturated carbocycles. The van der Waals surface area contributed by atoms with Crippen molar-refractivity contribution in [2.24, 2.45) is 0 Å². The topological polar surface area (TPSA) is 99.4 Å². The summed E-state index contributed by atoms with van der Waals surface area (Å²) in [4.78, 5) is 14.9. The largest absolute Gasteiger partial charge is 0.511 e. The fraction of sp³-hybridized carbons (Fsp3) is 0.0385. The first-order chi connectivity index (χ1) is 17.8. The van der Waals surface area contributed by atoms with Gasteiger partial charge in [0.25, 0.3) is 0 Å². The van der Waals surface area contributed by atoms with E-state index in [0.717, 1.165) is 0 Å². The number of thiol groups is 3. The van der Waals surface area contributed by atoms with E-state index in [1.54, 1.807) is 0 Å². The normalized spacial score (nSPS) is 15.4. The molecule has 1 aromatic rings. The Labute approximate surface area is 280 Å². The lowest BCUT2D eigenvalue weighted by Crippen LogP contribution is -2.08. The molecule has 38 heavy (non-hydrogen) atoms. The van der Waals surface area contributed by atoms with Gasteiger partial charge in [0.05, 0.1) is 10.7 Å². The highest BCUT2D eigenvalue weighted by Gasteiger charge is 2.21. The van der Waals surface area contributed by atoms with E-state index in [9.17, 15) is 15.3 Å². The molecule has 0 radical (unpaired) electrons. The van der Waals surface area contributed by atoms with Crippen molar-refractivity contribution in [1.29, 1.82) is 0 Å². The zero-order valence-corrected chi connectivity index (χ0v) is 29.2. The SMILES string of the molecule is C=C/C(O)=C(I)\C(S)=C(/C=C)c1nc(/C(C=C)=C(S)/C(I)=C(\C)O)nc(/C(C=C)=C(S)/C(I)=C(/O)C=C)n1. The Morgan fingerprint density at radius 1 is 0.579 bits per heavy atom. The van der Waals surface area contributed by atoms with Gasteiger partial charge in [-0.1, -0.05) is 51.1 Å². The third-order valence-electron chi connectivity index (χ3n) is 4.51. The fourth-order valence-electron chi connectivity index (χ4n) is 2.57. The van der Waals surface area contributed by atoms with Crippen molar-refractivity contribution >= 4 is 122 Å². The number of hydrogen-bond acceptors (Lipinski definition) is 9. The zero-order valence-electron chi connectivity index (χ0n) is 20.1. The van der Waals surface area contributed by atoms with Gasteiger partial charge >= 0.3 is 0 Å². The number of halogens is 3. The average Bonchev–Trinajstić information content (AvgIpc) is 2.91. The highest BCUT2D eigenvalue weighted by atomic mass is 127. The Morgan fingerprint density at radius 3 is 1.05 bits per heavy atom. The molecular formula is C26H24I3N3O3S3. The summed E-state index contributed by atoms with van der Waals surface area (Å²) >= 11 is 19.5. The Hall–Kier alpha value is -1.21. The Bertz CT molecular complexity index is 1320. The van der Waals surface area contributed by atoms with Crippen molar-refractivity contribution in [1.82, 2.24) is 15.0 Å². The molecule has 12 heteroatoms. The number of aliphatic hydroxyl groups excluding tert-OH is 3. The van der Waals surface area contributed by atoms with Crippen molar-refractivity contribution in [3.63, 3.8) is 0 Å². The summed E-state index contributed by atoms with van der Waals surface area (Å²) in [5.74, 6) is 0.358. The standard InChI is InChI=1S/C26H24I3N3O3S3/c1-7-13(21(36)18(27)12(6)33)24-30-25(14(8-2)22(37)19(28)16(34)10-4)32-26(31-24)15(9-3)23(38)20(29)17(35)11-5/h7-11,33-38H,1-5H2,6H3/b18-12-,19-16-,20-17-,21-13-,22-14-,23-15-. The summed E-state index contributed by atoms with van der Waals surface area (Å²) in [6.45, 7) is 20.3. The fourth-order valence-corrected chi connectivity index (χ4v) is 4.84. The molecule has 0 aliphatic carbocycles. The Morgan fingerprint density at radius 2 is 0.842 bits per heavy atom. The molecule has 6 nitrogen and oxygen atoms in total. The lowest BCUT2D eigenvalue weighted by molar-refractivity contribution is 0.413. The minimum Gasteiger partial charge on any atom is -0.511 e. The highest BCUT2D eigenvalue weighted by molar-refractivity contribution is 14.1. The van der Waals surface area contributed by atoms with Gasteiger partial charge in [0.1, 0.15) is 17.3 Å². The molecule has 3 N–H and O–H groups in total. The van der Waals surface area contributed by atoms with Crippen LogP contribution in [0.1, 0.15) is 24.4 Å². The summed E-state index contributed by atoms with van der Waals surface area (Å²) in [5, 5.41) is 30.4. The van der Waals surface area contributed by atoms with Crippen LogP contribution in [0.3, 0.4) is 0 Å². The Balaban J connectivity index is 4.40. The van der Waals surface area contributed by atoms with Crippen LogP contribution in [0.15, 0.2) is 106 Å². The first-order valence-electron chi connectivity index (χ1n) is 10.2. The van der Waals surface area contributed by atoms with Crippen molar-refractivity contribution < 1.29 is 15.3 Å².